The first-order valence-electron chi connectivity index (χ1n) is 5.36. The van der Waals surface area contributed by atoms with Crippen LogP contribution in [0.3, 0.4) is 0 Å². The van der Waals surface area contributed by atoms with Crippen LogP contribution in [0.5, 0.6) is 0 Å². The van der Waals surface area contributed by atoms with Gasteiger partial charge in [-0.3, -0.25) is 4.79 Å². The number of benzene rings is 1. The first kappa shape index (κ1) is 11.7. The Morgan fingerprint density at radius 3 is 2.31 bits per heavy atom. The Morgan fingerprint density at radius 1 is 1.06 bits per heavy atom. The van der Waals surface area contributed by atoms with E-state index >= 15 is 0 Å². The third kappa shape index (κ3) is 2.47. The Hall–Kier alpha value is -0.790. The molecule has 0 bridgehead atoms. The Balaban J connectivity index is 2.38. The SMILES string of the molecule is O=C1CCCCC1=Cc1c(Cl)cccc1Cl. The number of carbonyl (C=O) groups excluding carboxylic acids is 1. The van der Waals surface area contributed by atoms with Crippen LogP contribution in [0.15, 0.2) is 23.8 Å². The number of allylic oxidation sites excluding steroid dienone is 1. The average Bonchev–Trinajstić information content (AvgIpc) is 2.26. The lowest BCUT2D eigenvalue weighted by Gasteiger charge is -2.13. The molecule has 0 spiro atoms. The van der Waals surface area contributed by atoms with Gasteiger partial charge in [0.05, 0.1) is 0 Å². The van der Waals surface area contributed by atoms with Gasteiger partial charge in [0.2, 0.25) is 0 Å². The van der Waals surface area contributed by atoms with Gasteiger partial charge < -0.3 is 0 Å². The topological polar surface area (TPSA) is 17.1 Å². The lowest BCUT2D eigenvalue weighted by molar-refractivity contribution is -0.116. The van der Waals surface area contributed by atoms with Crippen LogP contribution in [0.2, 0.25) is 10.0 Å². The Labute approximate surface area is 105 Å². The van der Waals surface area contributed by atoms with Gasteiger partial charge in [0.1, 0.15) is 0 Å². The van der Waals surface area contributed by atoms with Gasteiger partial charge in [0, 0.05) is 22.0 Å². The molecule has 1 aliphatic rings. The van der Waals surface area contributed by atoms with Crippen molar-refractivity contribution >= 4 is 35.1 Å². The summed E-state index contributed by atoms with van der Waals surface area (Å²) in [5.41, 5.74) is 1.61. The molecular formula is C13H12Cl2O. The van der Waals surface area contributed by atoms with Gasteiger partial charge in [-0.25, -0.2) is 0 Å². The molecule has 1 aliphatic carbocycles. The average molecular weight is 255 g/mol. The summed E-state index contributed by atoms with van der Waals surface area (Å²) in [6.45, 7) is 0. The van der Waals surface area contributed by atoms with Gasteiger partial charge in [-0.1, -0.05) is 29.3 Å². The molecule has 16 heavy (non-hydrogen) atoms. The maximum absolute atomic E-state index is 11.7. The smallest absolute Gasteiger partial charge is 0.158 e. The summed E-state index contributed by atoms with van der Waals surface area (Å²) < 4.78 is 0. The van der Waals surface area contributed by atoms with Crippen LogP contribution >= 0.6 is 23.2 Å². The molecule has 1 nitrogen and oxygen atoms in total. The summed E-state index contributed by atoms with van der Waals surface area (Å²) in [6.07, 6.45) is 5.38. The summed E-state index contributed by atoms with van der Waals surface area (Å²) >= 11 is 12.1. The Morgan fingerprint density at radius 2 is 1.69 bits per heavy atom. The maximum atomic E-state index is 11.7. The Bertz CT molecular complexity index is 429. The molecular weight excluding hydrogens is 243 g/mol. The number of Topliss-reactive ketones (excluding diaryl/α,β-unsaturated/α-hetero) is 1. The molecule has 1 aromatic rings. The van der Waals surface area contributed by atoms with E-state index in [1.165, 1.54) is 0 Å². The van der Waals surface area contributed by atoms with Crippen LogP contribution in [0.1, 0.15) is 31.2 Å². The highest BCUT2D eigenvalue weighted by Crippen LogP contribution is 2.29. The maximum Gasteiger partial charge on any atom is 0.158 e. The molecule has 1 fully saturated rings. The summed E-state index contributed by atoms with van der Waals surface area (Å²) in [4.78, 5) is 11.7. The molecule has 0 heterocycles. The third-order valence-corrected chi connectivity index (χ3v) is 3.44. The van der Waals surface area contributed by atoms with Crippen LogP contribution in [0.25, 0.3) is 6.08 Å². The highest BCUT2D eigenvalue weighted by molar-refractivity contribution is 6.37. The van der Waals surface area contributed by atoms with Crippen molar-refractivity contribution in [3.05, 3.63) is 39.4 Å². The minimum Gasteiger partial charge on any atom is -0.295 e. The summed E-state index contributed by atoms with van der Waals surface area (Å²) in [5, 5.41) is 1.19. The lowest BCUT2D eigenvalue weighted by Crippen LogP contribution is -2.08. The van der Waals surface area contributed by atoms with Crippen molar-refractivity contribution < 1.29 is 4.79 Å². The van der Waals surface area contributed by atoms with Gasteiger partial charge in [-0.2, -0.15) is 0 Å². The Kier molecular flexibility index (Phi) is 3.67. The zero-order valence-electron chi connectivity index (χ0n) is 8.80. The zero-order valence-corrected chi connectivity index (χ0v) is 10.3. The largest absolute Gasteiger partial charge is 0.295 e. The van der Waals surface area contributed by atoms with E-state index in [0.29, 0.717) is 16.5 Å². The van der Waals surface area contributed by atoms with Gasteiger partial charge in [0.15, 0.2) is 5.78 Å². The van der Waals surface area contributed by atoms with Crippen molar-refractivity contribution in [2.75, 3.05) is 0 Å². The lowest BCUT2D eigenvalue weighted by atomic mass is 9.92. The molecule has 0 atom stereocenters. The molecule has 0 radical (unpaired) electrons. The number of rotatable bonds is 1. The van der Waals surface area contributed by atoms with Crippen LogP contribution < -0.4 is 0 Å². The molecule has 0 aromatic heterocycles. The minimum atomic E-state index is 0.224. The van der Waals surface area contributed by atoms with E-state index in [0.717, 1.165) is 30.4 Å². The standard InChI is InChI=1S/C13H12Cl2O/c14-11-5-3-6-12(15)10(11)8-9-4-1-2-7-13(9)16/h3,5-6,8H,1-2,4,7H2. The molecule has 0 unspecified atom stereocenters. The van der Waals surface area contributed by atoms with E-state index in [4.69, 9.17) is 23.2 Å². The first-order chi connectivity index (χ1) is 7.68. The predicted molar refractivity (Wildman–Crippen MR) is 67.9 cm³/mol. The zero-order chi connectivity index (χ0) is 11.5. The monoisotopic (exact) mass is 254 g/mol. The van der Waals surface area contributed by atoms with Gasteiger partial charge in [0.25, 0.3) is 0 Å². The number of hydrogen-bond donors (Lipinski definition) is 0. The van der Waals surface area contributed by atoms with Gasteiger partial charge in [-0.05, 0) is 43.0 Å². The second kappa shape index (κ2) is 5.03. The fourth-order valence-corrected chi connectivity index (χ4v) is 2.38. The molecule has 0 saturated heterocycles. The number of carbonyl (C=O) groups is 1. The van der Waals surface area contributed by atoms with Gasteiger partial charge in [-0.15, -0.1) is 0 Å². The van der Waals surface area contributed by atoms with E-state index in [1.807, 2.05) is 6.08 Å². The highest BCUT2D eigenvalue weighted by atomic mass is 35.5. The van der Waals surface area contributed by atoms with Crippen molar-refractivity contribution in [1.29, 1.82) is 0 Å². The fraction of sp³-hybridized carbons (Fsp3) is 0.308. The fourth-order valence-electron chi connectivity index (χ4n) is 1.88. The van der Waals surface area contributed by atoms with Crippen molar-refractivity contribution in [3.8, 4) is 0 Å². The van der Waals surface area contributed by atoms with Crippen LogP contribution in [0.4, 0.5) is 0 Å². The molecule has 84 valence electrons. The summed E-state index contributed by atoms with van der Waals surface area (Å²) in [6, 6.07) is 5.37. The second-order valence-corrected chi connectivity index (χ2v) is 4.75. The molecule has 1 saturated carbocycles. The van der Waals surface area contributed by atoms with E-state index in [2.05, 4.69) is 0 Å². The molecule has 2 rings (SSSR count). The predicted octanol–water partition coefficient (Wildman–Crippen LogP) is 4.52. The second-order valence-electron chi connectivity index (χ2n) is 3.94. The molecule has 0 aliphatic heterocycles. The highest BCUT2D eigenvalue weighted by Gasteiger charge is 2.15. The molecule has 3 heteroatoms. The summed E-state index contributed by atoms with van der Waals surface area (Å²) in [7, 11) is 0. The van der Waals surface area contributed by atoms with Crippen molar-refractivity contribution in [3.63, 3.8) is 0 Å². The number of halogens is 2. The van der Waals surface area contributed by atoms with E-state index < -0.39 is 0 Å². The minimum absolute atomic E-state index is 0.224. The molecule has 0 N–H and O–H groups in total. The molecule has 1 aromatic carbocycles. The quantitative estimate of drug-likeness (QED) is 0.674. The van der Waals surface area contributed by atoms with Crippen molar-refractivity contribution in [2.45, 2.75) is 25.7 Å². The van der Waals surface area contributed by atoms with E-state index in [9.17, 15) is 4.79 Å². The third-order valence-electron chi connectivity index (χ3n) is 2.78. The van der Waals surface area contributed by atoms with Crippen LogP contribution in [0, 0.1) is 0 Å². The summed E-state index contributed by atoms with van der Waals surface area (Å²) in [5.74, 6) is 0.224. The van der Waals surface area contributed by atoms with Gasteiger partial charge >= 0.3 is 0 Å². The molecule has 0 amide bonds. The number of hydrogen-bond acceptors (Lipinski definition) is 1. The number of ketones is 1. The van der Waals surface area contributed by atoms with Crippen LogP contribution in [-0.4, -0.2) is 5.78 Å². The van der Waals surface area contributed by atoms with Crippen LogP contribution in [-0.2, 0) is 4.79 Å². The van der Waals surface area contributed by atoms with Crippen molar-refractivity contribution in [1.82, 2.24) is 0 Å². The van der Waals surface area contributed by atoms with Crippen molar-refractivity contribution in [2.24, 2.45) is 0 Å². The normalized spacial score (nSPS) is 19.1. The van der Waals surface area contributed by atoms with E-state index in [1.54, 1.807) is 18.2 Å². The first-order valence-corrected chi connectivity index (χ1v) is 6.12. The van der Waals surface area contributed by atoms with E-state index in [-0.39, 0.29) is 5.78 Å².